The molecule has 168 valence electrons. The molecule has 1 heterocycles. The molecule has 1 aromatic heterocycles. The highest BCUT2D eigenvalue weighted by molar-refractivity contribution is 7.16. The van der Waals surface area contributed by atoms with Gasteiger partial charge in [0.15, 0.2) is 4.80 Å². The lowest BCUT2D eigenvalue weighted by Gasteiger charge is -2.05. The lowest BCUT2D eigenvalue weighted by Crippen LogP contribution is -2.22. The molecule has 0 N–H and O–H groups in total. The van der Waals surface area contributed by atoms with E-state index in [2.05, 4.69) is 17.1 Å². The number of esters is 1. The lowest BCUT2D eigenvalue weighted by molar-refractivity contribution is -0.141. The molecule has 4 rings (SSSR count). The van der Waals surface area contributed by atoms with Crippen LogP contribution in [0.3, 0.4) is 0 Å². The number of aromatic nitrogens is 1. The van der Waals surface area contributed by atoms with E-state index in [9.17, 15) is 9.59 Å². The number of carbonyl (C=O) groups excluding carboxylic acids is 2. The van der Waals surface area contributed by atoms with Gasteiger partial charge in [0, 0.05) is 5.56 Å². The molecular weight excluding hydrogens is 436 g/mol. The predicted octanol–water partition coefficient (Wildman–Crippen LogP) is 4.61. The van der Waals surface area contributed by atoms with Gasteiger partial charge in [0.25, 0.3) is 5.91 Å². The Labute approximate surface area is 195 Å². The van der Waals surface area contributed by atoms with E-state index < -0.39 is 5.97 Å². The summed E-state index contributed by atoms with van der Waals surface area (Å²) in [6, 6.07) is 23.2. The number of rotatable bonds is 7. The van der Waals surface area contributed by atoms with Gasteiger partial charge in [0.2, 0.25) is 0 Å². The summed E-state index contributed by atoms with van der Waals surface area (Å²) in [7, 11) is 1.34. The molecule has 4 aromatic rings. The van der Waals surface area contributed by atoms with Gasteiger partial charge >= 0.3 is 5.97 Å². The summed E-state index contributed by atoms with van der Waals surface area (Å²) >= 11 is 1.33. The summed E-state index contributed by atoms with van der Waals surface area (Å²) in [6.07, 6.45) is 0.796. The standard InChI is InChI=1S/C26H24N2O4S/c1-3-32-21-13-14-22-23(16-21)33-26(28(22)17-24(29)31-2)27-25(30)20-11-9-19(10-12-20)15-18-7-5-4-6-8-18/h4-14,16H,3,15,17H2,1-2H3. The molecule has 0 aliphatic rings. The molecule has 33 heavy (non-hydrogen) atoms. The second kappa shape index (κ2) is 10.3. The molecule has 0 bridgehead atoms. The van der Waals surface area contributed by atoms with E-state index in [1.54, 1.807) is 16.7 Å². The van der Waals surface area contributed by atoms with Crippen molar-refractivity contribution in [2.75, 3.05) is 13.7 Å². The lowest BCUT2D eigenvalue weighted by atomic mass is 10.0. The van der Waals surface area contributed by atoms with E-state index in [4.69, 9.17) is 9.47 Å². The van der Waals surface area contributed by atoms with Crippen LogP contribution in [0, 0.1) is 0 Å². The zero-order valence-corrected chi connectivity index (χ0v) is 19.3. The van der Waals surface area contributed by atoms with Crippen molar-refractivity contribution < 1.29 is 19.1 Å². The summed E-state index contributed by atoms with van der Waals surface area (Å²) in [5.74, 6) is -0.0532. The second-order valence-electron chi connectivity index (χ2n) is 7.39. The zero-order valence-electron chi connectivity index (χ0n) is 18.5. The summed E-state index contributed by atoms with van der Waals surface area (Å²) in [6.45, 7) is 2.43. The van der Waals surface area contributed by atoms with Gasteiger partial charge in [-0.25, -0.2) is 0 Å². The number of methoxy groups -OCH3 is 1. The van der Waals surface area contributed by atoms with E-state index >= 15 is 0 Å². The minimum atomic E-state index is -0.414. The van der Waals surface area contributed by atoms with E-state index in [0.29, 0.717) is 17.0 Å². The maximum Gasteiger partial charge on any atom is 0.325 e. The molecule has 0 saturated carbocycles. The van der Waals surface area contributed by atoms with E-state index in [-0.39, 0.29) is 12.5 Å². The third kappa shape index (κ3) is 5.38. The van der Waals surface area contributed by atoms with Gasteiger partial charge in [0.1, 0.15) is 12.3 Å². The van der Waals surface area contributed by atoms with Crippen LogP contribution < -0.4 is 9.54 Å². The highest BCUT2D eigenvalue weighted by Gasteiger charge is 2.13. The number of benzene rings is 3. The molecule has 0 saturated heterocycles. The normalized spacial score (nSPS) is 11.5. The van der Waals surface area contributed by atoms with Crippen molar-refractivity contribution in [1.82, 2.24) is 4.57 Å². The smallest absolute Gasteiger partial charge is 0.325 e. The molecule has 7 heteroatoms. The molecule has 0 spiro atoms. The number of hydrogen-bond acceptors (Lipinski definition) is 5. The minimum Gasteiger partial charge on any atom is -0.494 e. The Morgan fingerprint density at radius 3 is 2.39 bits per heavy atom. The van der Waals surface area contributed by atoms with E-state index in [0.717, 1.165) is 28.0 Å². The van der Waals surface area contributed by atoms with Crippen molar-refractivity contribution >= 4 is 33.4 Å². The van der Waals surface area contributed by atoms with E-state index in [1.807, 2.05) is 55.5 Å². The fourth-order valence-electron chi connectivity index (χ4n) is 3.49. The fraction of sp³-hybridized carbons (Fsp3) is 0.192. The van der Waals surface area contributed by atoms with Gasteiger partial charge in [-0.1, -0.05) is 53.8 Å². The van der Waals surface area contributed by atoms with Crippen molar-refractivity contribution in [3.8, 4) is 5.75 Å². The molecular formula is C26H24N2O4S. The maximum atomic E-state index is 12.9. The monoisotopic (exact) mass is 460 g/mol. The van der Waals surface area contributed by atoms with Crippen LogP contribution in [0.25, 0.3) is 10.2 Å². The van der Waals surface area contributed by atoms with Gasteiger partial charge in [-0.05, 0) is 54.8 Å². The Hall–Kier alpha value is -3.71. The van der Waals surface area contributed by atoms with Crippen LogP contribution in [-0.4, -0.2) is 30.2 Å². The molecule has 3 aromatic carbocycles. The first-order valence-corrected chi connectivity index (χ1v) is 11.4. The van der Waals surface area contributed by atoms with Crippen LogP contribution in [-0.2, 0) is 22.5 Å². The van der Waals surface area contributed by atoms with Gasteiger partial charge < -0.3 is 14.0 Å². The molecule has 0 unspecified atom stereocenters. The van der Waals surface area contributed by atoms with Crippen LogP contribution in [0.4, 0.5) is 0 Å². The Morgan fingerprint density at radius 1 is 0.970 bits per heavy atom. The predicted molar refractivity (Wildman–Crippen MR) is 129 cm³/mol. The highest BCUT2D eigenvalue weighted by atomic mass is 32.1. The Balaban J connectivity index is 1.65. The number of hydrogen-bond donors (Lipinski definition) is 0. The minimum absolute atomic E-state index is 0.0351. The van der Waals surface area contributed by atoms with Crippen LogP contribution >= 0.6 is 11.3 Å². The van der Waals surface area contributed by atoms with Crippen LogP contribution in [0.5, 0.6) is 5.75 Å². The molecule has 6 nitrogen and oxygen atoms in total. The number of carbonyl (C=O) groups is 2. The van der Waals surface area contributed by atoms with Gasteiger partial charge in [-0.3, -0.25) is 9.59 Å². The van der Waals surface area contributed by atoms with Crippen molar-refractivity contribution in [2.45, 2.75) is 19.9 Å². The summed E-state index contributed by atoms with van der Waals surface area (Å²) in [5.41, 5.74) is 3.60. The van der Waals surface area contributed by atoms with Crippen molar-refractivity contribution in [2.24, 2.45) is 4.99 Å². The van der Waals surface area contributed by atoms with E-state index in [1.165, 1.54) is 24.0 Å². The summed E-state index contributed by atoms with van der Waals surface area (Å²) < 4.78 is 13.0. The number of fused-ring (bicyclic) bond motifs is 1. The fourth-order valence-corrected chi connectivity index (χ4v) is 4.55. The van der Waals surface area contributed by atoms with Crippen molar-refractivity contribution in [1.29, 1.82) is 0 Å². The third-order valence-electron chi connectivity index (χ3n) is 5.13. The summed E-state index contributed by atoms with van der Waals surface area (Å²) in [4.78, 5) is 29.7. The molecule has 1 amide bonds. The topological polar surface area (TPSA) is 69.9 Å². The van der Waals surface area contributed by atoms with Gasteiger partial charge in [0.05, 0.1) is 23.9 Å². The van der Waals surface area contributed by atoms with Crippen molar-refractivity contribution in [3.05, 3.63) is 94.3 Å². The molecule has 0 aliphatic carbocycles. The SMILES string of the molecule is CCOc1ccc2c(c1)sc(=NC(=O)c1ccc(Cc3ccccc3)cc1)n2CC(=O)OC. The third-order valence-corrected chi connectivity index (χ3v) is 6.17. The first kappa shape index (κ1) is 22.5. The number of ether oxygens (including phenoxy) is 2. The zero-order chi connectivity index (χ0) is 23.2. The Bertz CT molecular complexity index is 1340. The first-order valence-electron chi connectivity index (χ1n) is 10.6. The Morgan fingerprint density at radius 2 is 1.70 bits per heavy atom. The second-order valence-corrected chi connectivity index (χ2v) is 8.39. The van der Waals surface area contributed by atoms with Crippen LogP contribution in [0.2, 0.25) is 0 Å². The van der Waals surface area contributed by atoms with Gasteiger partial charge in [-0.15, -0.1) is 0 Å². The quantitative estimate of drug-likeness (QED) is 0.378. The number of thiazole rings is 1. The molecule has 0 fully saturated rings. The largest absolute Gasteiger partial charge is 0.494 e. The van der Waals surface area contributed by atoms with Gasteiger partial charge in [-0.2, -0.15) is 4.99 Å². The highest BCUT2D eigenvalue weighted by Crippen LogP contribution is 2.23. The Kier molecular flexibility index (Phi) is 7.00. The molecule has 0 aliphatic heterocycles. The number of amides is 1. The average molecular weight is 461 g/mol. The first-order chi connectivity index (χ1) is 16.1. The average Bonchev–Trinajstić information content (AvgIpc) is 3.16. The molecule has 0 radical (unpaired) electrons. The van der Waals surface area contributed by atoms with Crippen molar-refractivity contribution in [3.63, 3.8) is 0 Å². The summed E-state index contributed by atoms with van der Waals surface area (Å²) in [5, 5.41) is 0. The van der Waals surface area contributed by atoms with Crippen LogP contribution in [0.15, 0.2) is 77.8 Å². The maximum absolute atomic E-state index is 12.9. The molecule has 0 atom stereocenters. The van der Waals surface area contributed by atoms with Crippen LogP contribution in [0.1, 0.15) is 28.4 Å². The number of nitrogens with zero attached hydrogens (tertiary/aromatic N) is 2.